The molecule has 6 nitrogen and oxygen atoms in total. The number of aromatic amines is 1. The third-order valence-corrected chi connectivity index (χ3v) is 5.24. The maximum Gasteiger partial charge on any atom is 0.237 e. The molecule has 3 aromatic rings. The summed E-state index contributed by atoms with van der Waals surface area (Å²) in [6.45, 7) is 2.03. The monoisotopic (exact) mass is 385 g/mol. The van der Waals surface area contributed by atoms with Crippen molar-refractivity contribution in [1.29, 1.82) is 5.26 Å². The summed E-state index contributed by atoms with van der Waals surface area (Å²) < 4.78 is 0. The van der Waals surface area contributed by atoms with Crippen molar-refractivity contribution in [2.75, 3.05) is 6.54 Å². The third kappa shape index (κ3) is 4.53. The summed E-state index contributed by atoms with van der Waals surface area (Å²) >= 11 is 0. The van der Waals surface area contributed by atoms with Crippen molar-refractivity contribution in [3.63, 3.8) is 0 Å². The Bertz CT molecular complexity index is 1020. The molecule has 146 valence electrons. The van der Waals surface area contributed by atoms with E-state index in [0.717, 1.165) is 23.5 Å². The number of nitrogens with one attached hydrogen (secondary N) is 2. The lowest BCUT2D eigenvalue weighted by Gasteiger charge is -2.26. The normalized spacial score (nSPS) is 16.0. The highest BCUT2D eigenvalue weighted by Gasteiger charge is 2.30. The van der Waals surface area contributed by atoms with E-state index in [9.17, 15) is 10.1 Å². The predicted molar refractivity (Wildman–Crippen MR) is 110 cm³/mol. The van der Waals surface area contributed by atoms with E-state index in [0.29, 0.717) is 31.6 Å². The number of nitriles is 1. The summed E-state index contributed by atoms with van der Waals surface area (Å²) in [4.78, 5) is 22.4. The summed E-state index contributed by atoms with van der Waals surface area (Å²) in [5, 5.41) is 12.2. The van der Waals surface area contributed by atoms with Crippen molar-refractivity contribution in [2.24, 2.45) is 0 Å². The van der Waals surface area contributed by atoms with Gasteiger partial charge >= 0.3 is 0 Å². The van der Waals surface area contributed by atoms with Crippen LogP contribution in [0.15, 0.2) is 60.8 Å². The molecule has 1 atom stereocenters. The van der Waals surface area contributed by atoms with Gasteiger partial charge in [0, 0.05) is 37.9 Å². The van der Waals surface area contributed by atoms with E-state index >= 15 is 0 Å². The fraction of sp³-hybridized carbons (Fsp3) is 0.261. The van der Waals surface area contributed by atoms with Crippen LogP contribution in [0, 0.1) is 11.3 Å². The van der Waals surface area contributed by atoms with Crippen LogP contribution in [0.1, 0.15) is 34.6 Å². The Morgan fingerprint density at radius 2 is 1.90 bits per heavy atom. The lowest BCUT2D eigenvalue weighted by Crippen LogP contribution is -2.39. The van der Waals surface area contributed by atoms with Crippen LogP contribution in [0.2, 0.25) is 0 Å². The Balaban J connectivity index is 1.50. The van der Waals surface area contributed by atoms with Gasteiger partial charge in [-0.15, -0.1) is 0 Å². The van der Waals surface area contributed by atoms with E-state index in [-0.39, 0.29) is 11.9 Å². The predicted octanol–water partition coefficient (Wildman–Crippen LogP) is 2.76. The van der Waals surface area contributed by atoms with Gasteiger partial charge in [0.25, 0.3) is 0 Å². The highest BCUT2D eigenvalue weighted by Crippen LogP contribution is 2.18. The Morgan fingerprint density at radius 3 is 2.66 bits per heavy atom. The first kappa shape index (κ1) is 18.9. The number of H-pyrrole nitrogens is 1. The molecule has 2 N–H and O–H groups in total. The van der Waals surface area contributed by atoms with Crippen LogP contribution in [0.25, 0.3) is 0 Å². The van der Waals surface area contributed by atoms with E-state index in [2.05, 4.69) is 38.4 Å². The van der Waals surface area contributed by atoms with Gasteiger partial charge in [-0.3, -0.25) is 9.69 Å². The molecule has 29 heavy (non-hydrogen) atoms. The number of hydrogen-bond donors (Lipinski definition) is 2. The molecular formula is C23H23N5O. The largest absolute Gasteiger partial charge is 0.355 e. The smallest absolute Gasteiger partial charge is 0.237 e. The molecule has 0 spiro atoms. The maximum atomic E-state index is 12.3. The van der Waals surface area contributed by atoms with Crippen molar-refractivity contribution in [3.05, 3.63) is 89.0 Å². The van der Waals surface area contributed by atoms with Gasteiger partial charge in [0.05, 0.1) is 17.7 Å². The average molecular weight is 385 g/mol. The molecule has 0 bridgehead atoms. The van der Waals surface area contributed by atoms with E-state index in [1.54, 1.807) is 0 Å². The molecule has 0 saturated carbocycles. The number of carbonyl (C=O) groups is 1. The summed E-state index contributed by atoms with van der Waals surface area (Å²) in [6, 6.07) is 19.8. The standard InChI is InChI=1S/C23H23N5O/c24-13-19-9-5-4-8-18(19)12-22-26-14-20(27-22)16-28(21-10-11-25-23(21)29)15-17-6-2-1-3-7-17/h1-9,14,21H,10-12,15-16H2,(H,25,29)(H,26,27). The molecule has 1 fully saturated rings. The molecule has 0 aliphatic carbocycles. The fourth-order valence-corrected chi connectivity index (χ4v) is 3.78. The van der Waals surface area contributed by atoms with E-state index < -0.39 is 0 Å². The first-order valence-electron chi connectivity index (χ1n) is 9.79. The van der Waals surface area contributed by atoms with Gasteiger partial charge in [0.2, 0.25) is 5.91 Å². The number of benzene rings is 2. The van der Waals surface area contributed by atoms with Gasteiger partial charge in [-0.2, -0.15) is 5.26 Å². The quantitative estimate of drug-likeness (QED) is 0.655. The molecule has 4 rings (SSSR count). The SMILES string of the molecule is N#Cc1ccccc1Cc1ncc(CN(Cc2ccccc2)C2CCNC2=O)[nH]1. The lowest BCUT2D eigenvalue weighted by molar-refractivity contribution is -0.124. The summed E-state index contributed by atoms with van der Waals surface area (Å²) in [5.41, 5.74) is 3.76. The third-order valence-electron chi connectivity index (χ3n) is 5.24. The van der Waals surface area contributed by atoms with Gasteiger partial charge in [0.1, 0.15) is 5.82 Å². The minimum atomic E-state index is -0.138. The number of amides is 1. The number of carbonyl (C=O) groups excluding carboxylic acids is 1. The summed E-state index contributed by atoms with van der Waals surface area (Å²) in [6.07, 6.45) is 3.21. The molecule has 1 aliphatic rings. The van der Waals surface area contributed by atoms with E-state index in [1.807, 2.05) is 48.7 Å². The topological polar surface area (TPSA) is 84.8 Å². The minimum Gasteiger partial charge on any atom is -0.355 e. The van der Waals surface area contributed by atoms with Crippen molar-refractivity contribution < 1.29 is 4.79 Å². The number of imidazole rings is 1. The highest BCUT2D eigenvalue weighted by molar-refractivity contribution is 5.83. The Hall–Kier alpha value is -3.43. The summed E-state index contributed by atoms with van der Waals surface area (Å²) in [5.74, 6) is 0.904. The zero-order valence-corrected chi connectivity index (χ0v) is 16.1. The first-order chi connectivity index (χ1) is 14.2. The van der Waals surface area contributed by atoms with Gasteiger partial charge in [-0.25, -0.2) is 4.98 Å². The van der Waals surface area contributed by atoms with Crippen LogP contribution in [0.3, 0.4) is 0 Å². The van der Waals surface area contributed by atoms with Crippen molar-refractivity contribution in [1.82, 2.24) is 20.2 Å². The second-order valence-corrected chi connectivity index (χ2v) is 7.29. The van der Waals surface area contributed by atoms with Gasteiger partial charge < -0.3 is 10.3 Å². The van der Waals surface area contributed by atoms with Crippen molar-refractivity contribution in [2.45, 2.75) is 32.0 Å². The molecule has 1 amide bonds. The maximum absolute atomic E-state index is 12.3. The van der Waals surface area contributed by atoms with Crippen molar-refractivity contribution in [3.8, 4) is 6.07 Å². The van der Waals surface area contributed by atoms with E-state index in [4.69, 9.17) is 0 Å². The highest BCUT2D eigenvalue weighted by atomic mass is 16.2. The second kappa shape index (κ2) is 8.72. The molecule has 2 heterocycles. The molecule has 6 heteroatoms. The van der Waals surface area contributed by atoms with Crippen LogP contribution >= 0.6 is 0 Å². The average Bonchev–Trinajstić information content (AvgIpc) is 3.37. The lowest BCUT2D eigenvalue weighted by atomic mass is 10.1. The van der Waals surface area contributed by atoms with Crippen molar-refractivity contribution >= 4 is 5.91 Å². The fourth-order valence-electron chi connectivity index (χ4n) is 3.78. The molecule has 1 saturated heterocycles. The summed E-state index contributed by atoms with van der Waals surface area (Å²) in [7, 11) is 0. The van der Waals surface area contributed by atoms with Gasteiger partial charge in [-0.05, 0) is 23.6 Å². The van der Waals surface area contributed by atoms with Gasteiger partial charge in [-0.1, -0.05) is 48.5 Å². The van der Waals surface area contributed by atoms with Crippen LogP contribution in [0.4, 0.5) is 0 Å². The molecular weight excluding hydrogens is 362 g/mol. The minimum absolute atomic E-state index is 0.0867. The number of nitrogens with zero attached hydrogens (tertiary/aromatic N) is 3. The van der Waals surface area contributed by atoms with Crippen LogP contribution in [0.5, 0.6) is 0 Å². The first-order valence-corrected chi connectivity index (χ1v) is 9.79. The molecule has 0 radical (unpaired) electrons. The van der Waals surface area contributed by atoms with Crippen LogP contribution in [-0.4, -0.2) is 33.4 Å². The number of hydrogen-bond acceptors (Lipinski definition) is 4. The van der Waals surface area contributed by atoms with Gasteiger partial charge in [0.15, 0.2) is 0 Å². The zero-order chi connectivity index (χ0) is 20.1. The van der Waals surface area contributed by atoms with Crippen LogP contribution in [-0.2, 0) is 24.3 Å². The zero-order valence-electron chi connectivity index (χ0n) is 16.1. The number of rotatable bonds is 7. The molecule has 1 aliphatic heterocycles. The van der Waals surface area contributed by atoms with Crippen LogP contribution < -0.4 is 5.32 Å². The molecule has 2 aromatic carbocycles. The Morgan fingerprint density at radius 1 is 1.10 bits per heavy atom. The molecule has 1 unspecified atom stereocenters. The Kier molecular flexibility index (Phi) is 5.68. The van der Waals surface area contributed by atoms with E-state index in [1.165, 1.54) is 5.56 Å². The Labute approximate surface area is 170 Å². The second-order valence-electron chi connectivity index (χ2n) is 7.29. The molecule has 1 aromatic heterocycles. The number of aromatic nitrogens is 2.